The zero-order chi connectivity index (χ0) is 38.4. The third-order valence-electron chi connectivity index (χ3n) is 13.0. The average molecular weight is 706 g/mol. The number of fused-ring (bicyclic) bond motifs is 6. The molecule has 10 aromatic rings. The number of rotatable bonds is 4. The van der Waals surface area contributed by atoms with Gasteiger partial charge in [0.15, 0.2) is 0 Å². The van der Waals surface area contributed by atoms with Gasteiger partial charge >= 0.3 is 0 Å². The molecule has 9 aromatic carbocycles. The molecular formula is C48H37B7O. The Balaban J connectivity index is 1.36. The van der Waals surface area contributed by atoms with E-state index in [1.807, 2.05) is 0 Å². The Morgan fingerprint density at radius 1 is 0.286 bits per heavy atom. The number of benzene rings is 9. The van der Waals surface area contributed by atoms with E-state index in [1.54, 1.807) is 0 Å². The van der Waals surface area contributed by atoms with Crippen LogP contribution in [0.15, 0.2) is 144 Å². The highest BCUT2D eigenvalue weighted by Gasteiger charge is 2.26. The van der Waals surface area contributed by atoms with Gasteiger partial charge in [-0.05, 0) is 101 Å². The van der Waals surface area contributed by atoms with E-state index in [-0.39, 0.29) is 0 Å². The van der Waals surface area contributed by atoms with Crippen LogP contribution in [0.2, 0.25) is 0 Å². The molecule has 0 fully saturated rings. The molecule has 0 aliphatic carbocycles. The SMILES string of the molecule is Bc1c(B)c(B)c2c(-c3ccc(-c4ccc5ccccc5c4)cc3)c3c(B)c(-c4ccccc4)c(B)c(B)c3c(-c3ccc4oc5ccccc5c4c3)c2c1B. The van der Waals surface area contributed by atoms with E-state index in [0.29, 0.717) is 0 Å². The largest absolute Gasteiger partial charge is 0.456 e. The van der Waals surface area contributed by atoms with Crippen LogP contribution in [0, 0.1) is 0 Å². The Kier molecular flexibility index (Phi) is 8.05. The van der Waals surface area contributed by atoms with Crippen LogP contribution in [0.3, 0.4) is 0 Å². The van der Waals surface area contributed by atoms with E-state index in [4.69, 9.17) is 4.42 Å². The lowest BCUT2D eigenvalue weighted by Gasteiger charge is -2.28. The maximum absolute atomic E-state index is 6.36. The molecule has 0 saturated carbocycles. The predicted octanol–water partition coefficient (Wildman–Crippen LogP) is 1.52. The summed E-state index contributed by atoms with van der Waals surface area (Å²) in [6, 6.07) is 51.0. The van der Waals surface area contributed by atoms with E-state index in [1.165, 1.54) is 115 Å². The van der Waals surface area contributed by atoms with Crippen molar-refractivity contribution in [1.82, 2.24) is 0 Å². The summed E-state index contributed by atoms with van der Waals surface area (Å²) in [5, 5.41) is 10.2. The van der Waals surface area contributed by atoms with Crippen LogP contribution in [0.1, 0.15) is 0 Å². The van der Waals surface area contributed by atoms with Gasteiger partial charge in [-0.2, -0.15) is 0 Å². The topological polar surface area (TPSA) is 13.1 Å². The Hall–Kier alpha value is -5.99. The fourth-order valence-electron chi connectivity index (χ4n) is 9.66. The molecule has 10 rings (SSSR count). The number of hydrogen-bond donors (Lipinski definition) is 0. The number of hydrogen-bond acceptors (Lipinski definition) is 1. The molecule has 1 aromatic heterocycles. The van der Waals surface area contributed by atoms with Crippen molar-refractivity contribution in [3.05, 3.63) is 140 Å². The van der Waals surface area contributed by atoms with Crippen LogP contribution >= 0.6 is 0 Å². The molecule has 0 saturated heterocycles. The number of furan rings is 1. The second-order valence-electron chi connectivity index (χ2n) is 15.8. The van der Waals surface area contributed by atoms with E-state index >= 15 is 0 Å². The van der Waals surface area contributed by atoms with Crippen LogP contribution in [0.25, 0.3) is 98.8 Å². The fraction of sp³-hybridized carbons (Fsp3) is 0. The van der Waals surface area contributed by atoms with Gasteiger partial charge in [-0.15, -0.1) is 10.9 Å². The Morgan fingerprint density at radius 3 is 1.50 bits per heavy atom. The van der Waals surface area contributed by atoms with E-state index in [9.17, 15) is 0 Å². The first-order valence-corrected chi connectivity index (χ1v) is 19.8. The summed E-state index contributed by atoms with van der Waals surface area (Å²) in [5.74, 6) is 0. The predicted molar refractivity (Wildman–Crippen MR) is 265 cm³/mol. The molecule has 0 unspecified atom stereocenters. The molecule has 256 valence electrons. The molecule has 0 radical (unpaired) electrons. The molecule has 0 N–H and O–H groups in total. The quantitative estimate of drug-likeness (QED) is 0.200. The summed E-state index contributed by atoms with van der Waals surface area (Å²) >= 11 is 0. The van der Waals surface area contributed by atoms with Crippen molar-refractivity contribution >= 4 is 147 Å². The molecular weight excluding hydrogens is 668 g/mol. The maximum Gasteiger partial charge on any atom is 0.140 e. The molecule has 0 atom stereocenters. The Morgan fingerprint density at radius 2 is 0.786 bits per heavy atom. The lowest BCUT2D eigenvalue weighted by Crippen LogP contribution is -2.48. The van der Waals surface area contributed by atoms with Crippen molar-refractivity contribution in [2.75, 3.05) is 0 Å². The molecule has 0 amide bonds. The van der Waals surface area contributed by atoms with Crippen LogP contribution in [0.5, 0.6) is 0 Å². The van der Waals surface area contributed by atoms with Crippen LogP contribution in [-0.2, 0) is 0 Å². The minimum Gasteiger partial charge on any atom is -0.456 e. The normalized spacial score (nSPS) is 11.7. The van der Waals surface area contributed by atoms with Gasteiger partial charge in [0.05, 0.1) is 0 Å². The van der Waals surface area contributed by atoms with Gasteiger partial charge < -0.3 is 4.42 Å². The zero-order valence-corrected chi connectivity index (χ0v) is 33.2. The number of para-hydroxylation sites is 1. The van der Waals surface area contributed by atoms with Gasteiger partial charge in [0.25, 0.3) is 0 Å². The molecule has 1 nitrogen and oxygen atoms in total. The smallest absolute Gasteiger partial charge is 0.140 e. The molecule has 0 aliphatic heterocycles. The van der Waals surface area contributed by atoms with Gasteiger partial charge in [0.1, 0.15) is 66.1 Å². The van der Waals surface area contributed by atoms with E-state index < -0.39 is 0 Å². The van der Waals surface area contributed by atoms with Crippen LogP contribution < -0.4 is 38.2 Å². The van der Waals surface area contributed by atoms with Crippen molar-refractivity contribution in [3.8, 4) is 44.5 Å². The third kappa shape index (κ3) is 5.12. The monoisotopic (exact) mass is 706 g/mol. The summed E-state index contributed by atoms with van der Waals surface area (Å²) in [7, 11) is 16.3. The van der Waals surface area contributed by atoms with Gasteiger partial charge in [-0.3, -0.25) is 0 Å². The maximum atomic E-state index is 6.36. The van der Waals surface area contributed by atoms with E-state index in [2.05, 4.69) is 194 Å². The summed E-state index contributed by atoms with van der Waals surface area (Å²) < 4.78 is 6.36. The van der Waals surface area contributed by atoms with Gasteiger partial charge in [-0.1, -0.05) is 143 Å². The Bertz CT molecular complexity index is 3260. The van der Waals surface area contributed by atoms with Crippen molar-refractivity contribution < 1.29 is 4.42 Å². The van der Waals surface area contributed by atoms with Crippen molar-refractivity contribution in [3.63, 3.8) is 0 Å². The third-order valence-corrected chi connectivity index (χ3v) is 13.0. The second-order valence-corrected chi connectivity index (χ2v) is 15.8. The first-order chi connectivity index (χ1) is 27.2. The van der Waals surface area contributed by atoms with Crippen molar-refractivity contribution in [2.45, 2.75) is 0 Å². The summed E-state index contributed by atoms with van der Waals surface area (Å²) in [6.07, 6.45) is 0. The summed E-state index contributed by atoms with van der Waals surface area (Å²) in [4.78, 5) is 0. The molecule has 1 heterocycles. The zero-order valence-electron chi connectivity index (χ0n) is 33.2. The van der Waals surface area contributed by atoms with Crippen molar-refractivity contribution in [2.24, 2.45) is 0 Å². The lowest BCUT2D eigenvalue weighted by atomic mass is 9.60. The minimum atomic E-state index is 0.919. The van der Waals surface area contributed by atoms with Gasteiger partial charge in [0.2, 0.25) is 0 Å². The van der Waals surface area contributed by atoms with Gasteiger partial charge in [-0.25, -0.2) is 0 Å². The second kappa shape index (κ2) is 13.1. The standard InChI is InChI=1S/C48H37B7O/c49-42-37(26-9-2-1-3-10-26)43(50)44(51)40-36(30-20-21-34-32(23-30)31-12-6-7-13-33(31)56-34)41-39(45(52)47(54)48(55)46(41)53)35(38(40)42)27-17-14-25(15-18-27)29-19-16-24-8-4-5-11-28(24)22-29/h1-23H,49-55H2. The first kappa shape index (κ1) is 34.5. The minimum absolute atomic E-state index is 0.919. The molecule has 0 spiro atoms. The molecule has 0 aliphatic rings. The molecule has 0 bridgehead atoms. The summed E-state index contributed by atoms with van der Waals surface area (Å²) in [6.45, 7) is 0. The Labute approximate surface area is 334 Å². The van der Waals surface area contributed by atoms with Crippen molar-refractivity contribution in [1.29, 1.82) is 0 Å². The molecule has 8 heteroatoms. The van der Waals surface area contributed by atoms with Crippen LogP contribution in [0.4, 0.5) is 0 Å². The van der Waals surface area contributed by atoms with Gasteiger partial charge in [0, 0.05) is 10.8 Å². The summed E-state index contributed by atoms with van der Waals surface area (Å²) in [5.41, 5.74) is 21.3. The average Bonchev–Trinajstić information content (AvgIpc) is 3.61. The highest BCUT2D eigenvalue weighted by molar-refractivity contribution is 6.69. The fourth-order valence-corrected chi connectivity index (χ4v) is 9.66. The molecule has 56 heavy (non-hydrogen) atoms. The highest BCUT2D eigenvalue weighted by Crippen LogP contribution is 2.43. The highest BCUT2D eigenvalue weighted by atomic mass is 16.3. The van der Waals surface area contributed by atoms with Crippen LogP contribution in [-0.4, -0.2) is 54.9 Å². The first-order valence-electron chi connectivity index (χ1n) is 19.8. The lowest BCUT2D eigenvalue weighted by molar-refractivity contribution is 0.669. The van der Waals surface area contributed by atoms with E-state index in [0.717, 1.165) is 21.9 Å².